The summed E-state index contributed by atoms with van der Waals surface area (Å²) in [5, 5.41) is 2.45. The van der Waals surface area contributed by atoms with Crippen molar-refractivity contribution >= 4 is 16.6 Å². The molecule has 2 aromatic carbocycles. The molecular weight excluding hydrogens is 256 g/mol. The Morgan fingerprint density at radius 2 is 1.71 bits per heavy atom. The fourth-order valence-corrected chi connectivity index (χ4v) is 3.09. The molecule has 0 atom stereocenters. The Morgan fingerprint density at radius 1 is 0.905 bits per heavy atom. The van der Waals surface area contributed by atoms with Gasteiger partial charge in [-0.3, -0.25) is 4.79 Å². The predicted octanol–water partition coefficient (Wildman–Crippen LogP) is 5.23. The van der Waals surface area contributed by atoms with Crippen LogP contribution >= 0.6 is 0 Å². The maximum absolute atomic E-state index is 12.5. The molecular formula is C20H22O. The van der Waals surface area contributed by atoms with Crippen molar-refractivity contribution in [1.82, 2.24) is 0 Å². The Morgan fingerprint density at radius 3 is 2.62 bits per heavy atom. The third kappa shape index (κ3) is 3.60. The largest absolute Gasteiger partial charge is 0.294 e. The fourth-order valence-electron chi connectivity index (χ4n) is 3.09. The van der Waals surface area contributed by atoms with Gasteiger partial charge in [-0.25, -0.2) is 0 Å². The minimum absolute atomic E-state index is 0.312. The van der Waals surface area contributed by atoms with Crippen LogP contribution in [0.1, 0.15) is 44.1 Å². The molecule has 108 valence electrons. The van der Waals surface area contributed by atoms with Crippen molar-refractivity contribution < 1.29 is 4.79 Å². The first-order valence-corrected chi connectivity index (χ1v) is 8.03. The fraction of sp³-hybridized carbons (Fsp3) is 0.350. The molecule has 2 aromatic rings. The summed E-state index contributed by atoms with van der Waals surface area (Å²) in [7, 11) is 0. The first-order valence-electron chi connectivity index (χ1n) is 8.03. The number of allylic oxidation sites excluding steroid dienone is 2. The van der Waals surface area contributed by atoms with Crippen LogP contribution in [0.3, 0.4) is 0 Å². The summed E-state index contributed by atoms with van der Waals surface area (Å²) in [4.78, 5) is 12.5. The minimum Gasteiger partial charge on any atom is -0.294 e. The second-order valence-electron chi connectivity index (χ2n) is 5.96. The predicted molar refractivity (Wildman–Crippen MR) is 88.4 cm³/mol. The molecule has 0 amide bonds. The van der Waals surface area contributed by atoms with Crippen LogP contribution in [-0.2, 0) is 11.2 Å². The van der Waals surface area contributed by atoms with Gasteiger partial charge in [-0.05, 0) is 47.6 Å². The number of benzene rings is 2. The quantitative estimate of drug-likeness (QED) is 0.751. The first kappa shape index (κ1) is 14.1. The van der Waals surface area contributed by atoms with Crippen LogP contribution in [0.4, 0.5) is 0 Å². The number of ketones is 1. The van der Waals surface area contributed by atoms with Crippen molar-refractivity contribution in [2.75, 3.05) is 0 Å². The Balaban J connectivity index is 1.75. The van der Waals surface area contributed by atoms with E-state index in [0.717, 1.165) is 30.4 Å². The average Bonchev–Trinajstić information content (AvgIpc) is 2.46. The van der Waals surface area contributed by atoms with Gasteiger partial charge < -0.3 is 0 Å². The van der Waals surface area contributed by atoms with Gasteiger partial charge in [-0.2, -0.15) is 0 Å². The smallest absolute Gasteiger partial charge is 0.162 e. The number of hydrogen-bond donors (Lipinski definition) is 0. The lowest BCUT2D eigenvalue weighted by molar-refractivity contribution is -0.115. The molecule has 3 rings (SSSR count). The minimum atomic E-state index is 0.312. The van der Waals surface area contributed by atoms with Gasteiger partial charge >= 0.3 is 0 Å². The maximum Gasteiger partial charge on any atom is 0.162 e. The second kappa shape index (κ2) is 6.71. The molecule has 0 fully saturated rings. The van der Waals surface area contributed by atoms with Gasteiger partial charge in [0, 0.05) is 6.42 Å². The SMILES string of the molecule is O=C(Cc1ccc2ccccc2c1)/C1=C/CCCCCC1. The molecule has 0 saturated heterocycles. The third-order valence-corrected chi connectivity index (χ3v) is 4.33. The zero-order valence-corrected chi connectivity index (χ0v) is 12.5. The highest BCUT2D eigenvalue weighted by molar-refractivity contribution is 5.97. The normalized spacial score (nSPS) is 18.6. The standard InChI is InChI=1S/C20H22O/c21-20(18-9-4-2-1-3-5-10-18)15-16-12-13-17-8-6-7-11-19(17)14-16/h6-9,11-14H,1-5,10,15H2/b18-9+. The van der Waals surface area contributed by atoms with Crippen LogP contribution in [0.25, 0.3) is 10.8 Å². The van der Waals surface area contributed by atoms with Gasteiger partial charge in [0.1, 0.15) is 0 Å². The van der Waals surface area contributed by atoms with Crippen LogP contribution in [0.5, 0.6) is 0 Å². The van der Waals surface area contributed by atoms with Crippen LogP contribution in [0.15, 0.2) is 54.1 Å². The monoisotopic (exact) mass is 278 g/mol. The molecule has 0 bridgehead atoms. The highest BCUT2D eigenvalue weighted by Gasteiger charge is 2.12. The van der Waals surface area contributed by atoms with E-state index in [2.05, 4.69) is 36.4 Å². The van der Waals surface area contributed by atoms with Gasteiger partial charge in [-0.1, -0.05) is 61.4 Å². The van der Waals surface area contributed by atoms with Crippen LogP contribution in [0.2, 0.25) is 0 Å². The summed E-state index contributed by atoms with van der Waals surface area (Å²) in [6, 6.07) is 14.7. The van der Waals surface area contributed by atoms with Crippen LogP contribution in [0, 0.1) is 0 Å². The van der Waals surface area contributed by atoms with E-state index in [1.54, 1.807) is 0 Å². The number of carbonyl (C=O) groups excluding carboxylic acids is 1. The summed E-state index contributed by atoms with van der Waals surface area (Å²) in [5.74, 6) is 0.312. The van der Waals surface area contributed by atoms with E-state index in [9.17, 15) is 4.79 Å². The highest BCUT2D eigenvalue weighted by atomic mass is 16.1. The van der Waals surface area contributed by atoms with E-state index in [0.29, 0.717) is 12.2 Å². The molecule has 0 unspecified atom stereocenters. The second-order valence-corrected chi connectivity index (χ2v) is 5.96. The summed E-state index contributed by atoms with van der Waals surface area (Å²) >= 11 is 0. The number of fused-ring (bicyclic) bond motifs is 1. The lowest BCUT2D eigenvalue weighted by atomic mass is 9.94. The molecule has 1 aliphatic carbocycles. The number of carbonyl (C=O) groups is 1. The lowest BCUT2D eigenvalue weighted by Gasteiger charge is -2.11. The van der Waals surface area contributed by atoms with Crippen LogP contribution < -0.4 is 0 Å². The van der Waals surface area contributed by atoms with E-state index in [1.807, 2.05) is 12.1 Å². The first-order chi connectivity index (χ1) is 10.3. The highest BCUT2D eigenvalue weighted by Crippen LogP contribution is 2.21. The summed E-state index contributed by atoms with van der Waals surface area (Å²) in [5.41, 5.74) is 2.18. The molecule has 0 radical (unpaired) electrons. The lowest BCUT2D eigenvalue weighted by Crippen LogP contribution is -2.08. The zero-order valence-electron chi connectivity index (χ0n) is 12.5. The molecule has 1 heteroatoms. The van der Waals surface area contributed by atoms with Crippen LogP contribution in [-0.4, -0.2) is 5.78 Å². The van der Waals surface area contributed by atoms with E-state index < -0.39 is 0 Å². The van der Waals surface area contributed by atoms with E-state index in [1.165, 1.54) is 30.0 Å². The third-order valence-electron chi connectivity index (χ3n) is 4.33. The molecule has 1 nitrogen and oxygen atoms in total. The molecule has 21 heavy (non-hydrogen) atoms. The molecule has 1 aliphatic rings. The Hall–Kier alpha value is -1.89. The Bertz CT molecular complexity index is 666. The molecule has 0 aromatic heterocycles. The average molecular weight is 278 g/mol. The number of hydrogen-bond acceptors (Lipinski definition) is 1. The summed E-state index contributed by atoms with van der Waals surface area (Å²) in [6.07, 6.45) is 9.72. The number of Topliss-reactive ketones (excluding diaryl/α,β-unsaturated/α-hetero) is 1. The van der Waals surface area contributed by atoms with Gasteiger partial charge in [0.2, 0.25) is 0 Å². The topological polar surface area (TPSA) is 17.1 Å². The maximum atomic E-state index is 12.5. The van der Waals surface area contributed by atoms with Gasteiger partial charge in [-0.15, -0.1) is 0 Å². The van der Waals surface area contributed by atoms with Crippen molar-refractivity contribution in [3.05, 3.63) is 59.7 Å². The number of rotatable bonds is 3. The van der Waals surface area contributed by atoms with Crippen molar-refractivity contribution in [2.24, 2.45) is 0 Å². The van der Waals surface area contributed by atoms with Crippen molar-refractivity contribution in [1.29, 1.82) is 0 Å². The van der Waals surface area contributed by atoms with Crippen molar-refractivity contribution in [3.63, 3.8) is 0 Å². The molecule has 0 aliphatic heterocycles. The van der Waals surface area contributed by atoms with Gasteiger partial charge in [0.15, 0.2) is 5.78 Å². The molecule has 0 saturated carbocycles. The van der Waals surface area contributed by atoms with Gasteiger partial charge in [0.25, 0.3) is 0 Å². The summed E-state index contributed by atoms with van der Waals surface area (Å²) in [6.45, 7) is 0. The summed E-state index contributed by atoms with van der Waals surface area (Å²) < 4.78 is 0. The van der Waals surface area contributed by atoms with Crippen molar-refractivity contribution in [2.45, 2.75) is 44.9 Å². The molecule has 0 N–H and O–H groups in total. The van der Waals surface area contributed by atoms with Crippen molar-refractivity contribution in [3.8, 4) is 0 Å². The van der Waals surface area contributed by atoms with E-state index in [4.69, 9.17) is 0 Å². The zero-order chi connectivity index (χ0) is 14.5. The van der Waals surface area contributed by atoms with E-state index in [-0.39, 0.29) is 0 Å². The molecule has 0 spiro atoms. The van der Waals surface area contributed by atoms with E-state index >= 15 is 0 Å². The Kier molecular flexibility index (Phi) is 4.49. The van der Waals surface area contributed by atoms with Gasteiger partial charge in [0.05, 0.1) is 0 Å². The molecule has 0 heterocycles. The Labute approximate surface area is 126 Å².